The van der Waals surface area contributed by atoms with E-state index >= 15 is 0 Å². The van der Waals surface area contributed by atoms with Gasteiger partial charge in [-0.2, -0.15) is 0 Å². The van der Waals surface area contributed by atoms with Gasteiger partial charge in [0.25, 0.3) is 5.69 Å². The zero-order valence-corrected chi connectivity index (χ0v) is 21.0. The molecular formula is C27H24ClFN2O4S. The minimum atomic E-state index is -0.414. The topological polar surface area (TPSA) is 81.5 Å². The Morgan fingerprint density at radius 1 is 1.17 bits per heavy atom. The van der Waals surface area contributed by atoms with Crippen molar-refractivity contribution in [2.45, 2.75) is 40.8 Å². The van der Waals surface area contributed by atoms with Crippen molar-refractivity contribution >= 4 is 40.7 Å². The van der Waals surface area contributed by atoms with Crippen molar-refractivity contribution in [1.29, 1.82) is 0 Å². The quantitative estimate of drug-likeness (QED) is 0.162. The number of nitrogens with zero attached hydrogens (tertiary/aromatic N) is 1. The molecule has 1 aliphatic carbocycles. The van der Waals surface area contributed by atoms with Crippen molar-refractivity contribution in [1.82, 2.24) is 0 Å². The highest BCUT2D eigenvalue weighted by Gasteiger charge is 2.51. The molecule has 3 aromatic carbocycles. The Morgan fingerprint density at radius 3 is 2.67 bits per heavy atom. The molecule has 0 radical (unpaired) electrons. The van der Waals surface area contributed by atoms with Crippen molar-refractivity contribution in [3.05, 3.63) is 99.4 Å². The van der Waals surface area contributed by atoms with E-state index in [2.05, 4.69) is 5.32 Å². The summed E-state index contributed by atoms with van der Waals surface area (Å²) in [5.74, 6) is -0.999. The first-order valence-corrected chi connectivity index (χ1v) is 13.1. The molecule has 1 saturated carbocycles. The van der Waals surface area contributed by atoms with Gasteiger partial charge in [-0.15, -0.1) is 23.4 Å². The van der Waals surface area contributed by atoms with Crippen LogP contribution in [0, 0.1) is 21.8 Å². The van der Waals surface area contributed by atoms with Crippen LogP contribution < -0.4 is 5.32 Å². The molecule has 1 heterocycles. The van der Waals surface area contributed by atoms with Crippen LogP contribution in [0.15, 0.2) is 71.6 Å². The van der Waals surface area contributed by atoms with Gasteiger partial charge in [-0.3, -0.25) is 10.1 Å². The summed E-state index contributed by atoms with van der Waals surface area (Å²) in [5.41, 5.74) is 2.69. The SMILES string of the molecule is CCOC(=O)c1ccc2c(c1)C1C(Cl)C(Sc3ccccc3[N+](=O)[O-])CC1C(c1ccccc1F)N2. The number of thioether (sulfide) groups is 1. The summed E-state index contributed by atoms with van der Waals surface area (Å²) in [7, 11) is 0. The van der Waals surface area contributed by atoms with Gasteiger partial charge in [-0.25, -0.2) is 9.18 Å². The van der Waals surface area contributed by atoms with Crippen LogP contribution in [0.2, 0.25) is 0 Å². The summed E-state index contributed by atoms with van der Waals surface area (Å²) >= 11 is 8.51. The molecule has 5 atom stereocenters. The molecular weight excluding hydrogens is 503 g/mol. The molecule has 5 unspecified atom stereocenters. The number of anilines is 1. The van der Waals surface area contributed by atoms with Gasteiger partial charge < -0.3 is 10.1 Å². The predicted octanol–water partition coefficient (Wildman–Crippen LogP) is 6.95. The van der Waals surface area contributed by atoms with Crippen LogP contribution in [-0.2, 0) is 4.74 Å². The number of hydrogen-bond acceptors (Lipinski definition) is 6. The van der Waals surface area contributed by atoms with Gasteiger partial charge >= 0.3 is 5.97 Å². The van der Waals surface area contributed by atoms with E-state index in [9.17, 15) is 19.3 Å². The number of ether oxygens (including phenoxy) is 1. The number of hydrogen-bond donors (Lipinski definition) is 1. The fourth-order valence-corrected chi connectivity index (χ4v) is 7.31. The Balaban J connectivity index is 1.56. The van der Waals surface area contributed by atoms with Crippen molar-refractivity contribution in [3.63, 3.8) is 0 Å². The van der Waals surface area contributed by atoms with E-state index in [-0.39, 0.29) is 41.2 Å². The Hall–Kier alpha value is -3.10. The molecule has 0 amide bonds. The molecule has 3 aromatic rings. The number of carbonyl (C=O) groups is 1. The van der Waals surface area contributed by atoms with Crippen LogP contribution in [0.5, 0.6) is 0 Å². The molecule has 6 nitrogen and oxygen atoms in total. The van der Waals surface area contributed by atoms with Crippen molar-refractivity contribution < 1.29 is 18.8 Å². The normalized spacial score (nSPS) is 24.4. The predicted molar refractivity (Wildman–Crippen MR) is 138 cm³/mol. The zero-order valence-electron chi connectivity index (χ0n) is 19.4. The maximum absolute atomic E-state index is 14.9. The van der Waals surface area contributed by atoms with Gasteiger partial charge in [0.05, 0.1) is 33.4 Å². The molecule has 5 rings (SSSR count). The van der Waals surface area contributed by atoms with E-state index in [0.717, 1.165) is 11.3 Å². The second-order valence-corrected chi connectivity index (χ2v) is 10.7. The lowest BCUT2D eigenvalue weighted by atomic mass is 9.76. The van der Waals surface area contributed by atoms with E-state index in [1.165, 1.54) is 23.9 Å². The van der Waals surface area contributed by atoms with E-state index < -0.39 is 16.3 Å². The number of nitro groups is 1. The second-order valence-electron chi connectivity index (χ2n) is 8.92. The first kappa shape index (κ1) is 24.6. The summed E-state index contributed by atoms with van der Waals surface area (Å²) in [6.45, 7) is 2.02. The first-order chi connectivity index (χ1) is 17.4. The molecule has 0 bridgehead atoms. The zero-order chi connectivity index (χ0) is 25.4. The standard InChI is InChI=1S/C27H24ClFN2O4S/c1-2-35-27(32)15-11-12-20-17(13-15)24-18(26(30-20)16-7-3-4-8-19(16)29)14-23(25(24)28)36-22-10-6-5-9-21(22)31(33)34/h3-13,18,23-26,30H,2,14H2,1H3. The van der Waals surface area contributed by atoms with Crippen LogP contribution >= 0.6 is 23.4 Å². The van der Waals surface area contributed by atoms with Crippen LogP contribution in [0.1, 0.15) is 46.8 Å². The molecule has 0 saturated heterocycles. The average Bonchev–Trinajstić information content (AvgIpc) is 3.20. The van der Waals surface area contributed by atoms with Gasteiger partial charge in [0.1, 0.15) is 5.82 Å². The van der Waals surface area contributed by atoms with Crippen molar-refractivity contribution in [2.24, 2.45) is 5.92 Å². The fraction of sp³-hybridized carbons (Fsp3) is 0.296. The van der Waals surface area contributed by atoms with E-state index in [1.807, 2.05) is 12.1 Å². The Labute approximate surface area is 217 Å². The van der Waals surface area contributed by atoms with Gasteiger partial charge in [0, 0.05) is 28.5 Å². The summed E-state index contributed by atoms with van der Waals surface area (Å²) < 4.78 is 20.1. The number of para-hydroxylation sites is 1. The summed E-state index contributed by atoms with van der Waals surface area (Å²) in [6, 6.07) is 18.3. The molecule has 1 aliphatic heterocycles. The van der Waals surface area contributed by atoms with Crippen LogP contribution in [0.3, 0.4) is 0 Å². The summed E-state index contributed by atoms with van der Waals surface area (Å²) in [5, 5.41) is 14.5. The van der Waals surface area contributed by atoms with Gasteiger partial charge in [-0.05, 0) is 55.2 Å². The molecule has 1 fully saturated rings. The molecule has 2 aliphatic rings. The van der Waals surface area contributed by atoms with Crippen molar-refractivity contribution in [2.75, 3.05) is 11.9 Å². The number of nitrogens with one attached hydrogen (secondary N) is 1. The Kier molecular flexibility index (Phi) is 6.90. The average molecular weight is 527 g/mol. The largest absolute Gasteiger partial charge is 0.462 e. The minimum Gasteiger partial charge on any atom is -0.462 e. The summed E-state index contributed by atoms with van der Waals surface area (Å²) in [4.78, 5) is 24.2. The summed E-state index contributed by atoms with van der Waals surface area (Å²) in [6.07, 6.45) is 0.616. The van der Waals surface area contributed by atoms with E-state index in [1.54, 1.807) is 49.4 Å². The number of halogens is 2. The molecule has 36 heavy (non-hydrogen) atoms. The highest BCUT2D eigenvalue weighted by molar-refractivity contribution is 8.00. The number of fused-ring (bicyclic) bond motifs is 3. The molecule has 186 valence electrons. The number of alkyl halides is 1. The number of benzene rings is 3. The van der Waals surface area contributed by atoms with Crippen molar-refractivity contribution in [3.8, 4) is 0 Å². The maximum atomic E-state index is 14.9. The van der Waals surface area contributed by atoms with Crippen LogP contribution in [0.4, 0.5) is 15.8 Å². The van der Waals surface area contributed by atoms with E-state index in [0.29, 0.717) is 22.4 Å². The third-order valence-electron chi connectivity index (χ3n) is 6.91. The number of carbonyl (C=O) groups excluding carboxylic acids is 1. The van der Waals surface area contributed by atoms with Crippen LogP contribution in [0.25, 0.3) is 0 Å². The number of nitro benzene ring substituents is 1. The lowest BCUT2D eigenvalue weighted by molar-refractivity contribution is -0.387. The van der Waals surface area contributed by atoms with Gasteiger partial charge in [0.2, 0.25) is 0 Å². The fourth-order valence-electron chi connectivity index (χ4n) is 5.36. The van der Waals surface area contributed by atoms with Gasteiger partial charge in [-0.1, -0.05) is 30.3 Å². The van der Waals surface area contributed by atoms with Crippen LogP contribution in [-0.4, -0.2) is 28.1 Å². The lowest BCUT2D eigenvalue weighted by Crippen LogP contribution is -2.32. The first-order valence-electron chi connectivity index (χ1n) is 11.7. The number of rotatable bonds is 6. The smallest absolute Gasteiger partial charge is 0.338 e. The molecule has 1 N–H and O–H groups in total. The van der Waals surface area contributed by atoms with E-state index in [4.69, 9.17) is 16.3 Å². The Bertz CT molecular complexity index is 1320. The number of esters is 1. The monoisotopic (exact) mass is 526 g/mol. The maximum Gasteiger partial charge on any atom is 0.338 e. The minimum absolute atomic E-state index is 0.0371. The molecule has 0 spiro atoms. The third-order valence-corrected chi connectivity index (χ3v) is 9.02. The molecule has 0 aromatic heterocycles. The highest BCUT2D eigenvalue weighted by Crippen LogP contribution is 2.58. The van der Waals surface area contributed by atoms with Gasteiger partial charge in [0.15, 0.2) is 0 Å². The Morgan fingerprint density at radius 2 is 1.92 bits per heavy atom. The lowest BCUT2D eigenvalue weighted by Gasteiger charge is -2.38. The second kappa shape index (κ2) is 10.1. The molecule has 9 heteroatoms. The highest BCUT2D eigenvalue weighted by atomic mass is 35.5. The third kappa shape index (κ3) is 4.44.